The Bertz CT molecular complexity index is 3320. The van der Waals surface area contributed by atoms with E-state index in [-0.39, 0.29) is 6.85 Å². The first-order valence-corrected chi connectivity index (χ1v) is 19.1. The van der Waals surface area contributed by atoms with Gasteiger partial charge in [0.15, 0.2) is 0 Å². The van der Waals surface area contributed by atoms with E-state index in [4.69, 9.17) is 0 Å². The van der Waals surface area contributed by atoms with Crippen molar-refractivity contribution in [3.8, 4) is 22.5 Å². The molecule has 3 nitrogen and oxygen atoms in total. The minimum absolute atomic E-state index is 0.0190. The number of anilines is 2. The van der Waals surface area contributed by atoms with Gasteiger partial charge in [0, 0.05) is 64.3 Å². The second-order valence-corrected chi connectivity index (χ2v) is 15.5. The molecule has 0 saturated carbocycles. The molecule has 244 valence electrons. The third kappa shape index (κ3) is 3.50. The number of hydrogen-bond acceptors (Lipinski definition) is 2. The van der Waals surface area contributed by atoms with Gasteiger partial charge in [-0.2, -0.15) is 0 Å². The first-order valence-electron chi connectivity index (χ1n) is 18.3. The molecule has 5 heterocycles. The Kier molecular flexibility index (Phi) is 5.33. The summed E-state index contributed by atoms with van der Waals surface area (Å²) in [6.07, 6.45) is 0. The number of thiophene rings is 1. The van der Waals surface area contributed by atoms with Crippen molar-refractivity contribution in [2.75, 3.05) is 4.81 Å². The van der Waals surface area contributed by atoms with Crippen LogP contribution in [0.3, 0.4) is 0 Å². The van der Waals surface area contributed by atoms with Crippen LogP contribution >= 0.6 is 11.3 Å². The fourth-order valence-corrected chi connectivity index (χ4v) is 10.9. The Labute approximate surface area is 309 Å². The Morgan fingerprint density at radius 1 is 0.415 bits per heavy atom. The topological polar surface area (TPSA) is 13.1 Å². The molecule has 0 aliphatic carbocycles. The van der Waals surface area contributed by atoms with Crippen molar-refractivity contribution < 1.29 is 0 Å². The molecule has 0 N–H and O–H groups in total. The Hall–Kier alpha value is -6.56. The van der Waals surface area contributed by atoms with E-state index in [1.807, 2.05) is 11.3 Å². The van der Waals surface area contributed by atoms with Gasteiger partial charge < -0.3 is 13.9 Å². The van der Waals surface area contributed by atoms with E-state index >= 15 is 0 Å². The molecular weight excluding hydrogens is 661 g/mol. The summed E-state index contributed by atoms with van der Waals surface area (Å²) in [7, 11) is 0. The molecule has 0 amide bonds. The Morgan fingerprint density at radius 2 is 1.04 bits per heavy atom. The van der Waals surface area contributed by atoms with E-state index < -0.39 is 0 Å². The van der Waals surface area contributed by atoms with Crippen LogP contribution in [-0.4, -0.2) is 16.0 Å². The highest BCUT2D eigenvalue weighted by atomic mass is 32.1. The maximum Gasteiger partial charge on any atom is 0.333 e. The zero-order chi connectivity index (χ0) is 34.4. The number of benzene rings is 8. The number of nitrogens with zero attached hydrogens (tertiary/aromatic N) is 3. The summed E-state index contributed by atoms with van der Waals surface area (Å²) in [5, 5.41) is 7.75. The van der Waals surface area contributed by atoms with Gasteiger partial charge >= 0.3 is 6.85 Å². The molecule has 0 radical (unpaired) electrons. The minimum Gasteiger partial charge on any atom is -0.376 e. The van der Waals surface area contributed by atoms with E-state index in [0.29, 0.717) is 0 Å². The molecule has 0 unspecified atom stereocenters. The van der Waals surface area contributed by atoms with E-state index in [2.05, 4.69) is 184 Å². The molecule has 8 aromatic carbocycles. The van der Waals surface area contributed by atoms with Gasteiger partial charge in [-0.05, 0) is 77.2 Å². The standard InChI is InChI=1S/C48H28BN3S/c1-2-14-29(15-3-1)52-42-28-45-35(32-18-7-13-25-44(32)53-45)26-34(42)36-27-43(50-38-21-9-4-16-30(38)31-17-5-10-22-39(31)50)46-33-19-6-11-23-40(33)51-41-24-12-8-20-37(41)49(52)47(36)48(46)51/h1-28H. The predicted molar refractivity (Wildman–Crippen MR) is 227 cm³/mol. The SMILES string of the molecule is c1ccc(N2B3c4ccccc4-n4c5ccccc5c5c(-n6c7ccccc7c7ccccc76)cc(c3c54)-c3cc4c(cc32)sc2ccccc24)cc1. The molecule has 3 aromatic heterocycles. The minimum atomic E-state index is -0.0190. The van der Waals surface area contributed by atoms with Crippen LogP contribution < -0.4 is 15.7 Å². The van der Waals surface area contributed by atoms with Crippen LogP contribution in [0.1, 0.15) is 0 Å². The van der Waals surface area contributed by atoms with E-state index in [9.17, 15) is 0 Å². The van der Waals surface area contributed by atoms with Gasteiger partial charge in [0.1, 0.15) is 0 Å². The number of aromatic nitrogens is 2. The zero-order valence-electron chi connectivity index (χ0n) is 28.5. The first-order chi connectivity index (χ1) is 26.3. The largest absolute Gasteiger partial charge is 0.376 e. The highest BCUT2D eigenvalue weighted by molar-refractivity contribution is 7.25. The normalized spacial score (nSPS) is 13.2. The van der Waals surface area contributed by atoms with Crippen LogP contribution in [0.5, 0.6) is 0 Å². The molecule has 13 rings (SSSR count). The lowest BCUT2D eigenvalue weighted by Crippen LogP contribution is -2.60. The summed E-state index contributed by atoms with van der Waals surface area (Å²) in [5.74, 6) is 0. The van der Waals surface area contributed by atoms with Crippen molar-refractivity contribution in [2.45, 2.75) is 0 Å². The van der Waals surface area contributed by atoms with Gasteiger partial charge in [-0.25, -0.2) is 0 Å². The van der Waals surface area contributed by atoms with Gasteiger partial charge in [-0.3, -0.25) is 0 Å². The van der Waals surface area contributed by atoms with Crippen LogP contribution in [-0.2, 0) is 0 Å². The third-order valence-corrected chi connectivity index (χ3v) is 13.0. The van der Waals surface area contributed by atoms with E-state index in [0.717, 1.165) is 0 Å². The second-order valence-electron chi connectivity index (χ2n) is 14.4. The average molecular weight is 690 g/mol. The Morgan fingerprint density at radius 3 is 1.81 bits per heavy atom. The van der Waals surface area contributed by atoms with E-state index in [1.165, 1.54) is 109 Å². The average Bonchev–Trinajstić information content (AvgIpc) is 3.88. The van der Waals surface area contributed by atoms with Gasteiger partial charge in [0.25, 0.3) is 0 Å². The van der Waals surface area contributed by atoms with Crippen molar-refractivity contribution >= 4 is 104 Å². The lowest BCUT2D eigenvalue weighted by atomic mass is 9.44. The maximum atomic E-state index is 2.63. The molecule has 0 atom stereocenters. The summed E-state index contributed by atoms with van der Waals surface area (Å²) in [5.41, 5.74) is 15.2. The molecule has 2 aliphatic rings. The molecule has 0 saturated heterocycles. The predicted octanol–water partition coefficient (Wildman–Crippen LogP) is 11.5. The van der Waals surface area contributed by atoms with Crippen molar-refractivity contribution in [2.24, 2.45) is 0 Å². The van der Waals surface area contributed by atoms with Crippen LogP contribution in [0.2, 0.25) is 0 Å². The fourth-order valence-electron chi connectivity index (χ4n) is 9.81. The van der Waals surface area contributed by atoms with Gasteiger partial charge in [0.2, 0.25) is 0 Å². The van der Waals surface area contributed by atoms with Gasteiger partial charge in [-0.15, -0.1) is 11.3 Å². The number of rotatable bonds is 2. The fraction of sp³-hybridized carbons (Fsp3) is 0. The Balaban J connectivity index is 1.29. The summed E-state index contributed by atoms with van der Waals surface area (Å²) in [6.45, 7) is -0.0190. The van der Waals surface area contributed by atoms with Gasteiger partial charge in [0.05, 0.1) is 27.8 Å². The summed E-state index contributed by atoms with van der Waals surface area (Å²) in [6, 6.07) is 63.3. The van der Waals surface area contributed by atoms with Gasteiger partial charge in [-0.1, -0.05) is 109 Å². The molecule has 0 bridgehead atoms. The van der Waals surface area contributed by atoms with Crippen LogP contribution in [0.4, 0.5) is 11.4 Å². The van der Waals surface area contributed by atoms with Crippen molar-refractivity contribution in [3.63, 3.8) is 0 Å². The molecule has 11 aromatic rings. The molecule has 0 spiro atoms. The highest BCUT2D eigenvalue weighted by Crippen LogP contribution is 2.50. The zero-order valence-corrected chi connectivity index (χ0v) is 29.3. The molecule has 2 aliphatic heterocycles. The number of hydrogen-bond donors (Lipinski definition) is 0. The quantitative estimate of drug-likeness (QED) is 0.165. The summed E-state index contributed by atoms with van der Waals surface area (Å²) < 4.78 is 7.74. The van der Waals surface area contributed by atoms with Crippen LogP contribution in [0.15, 0.2) is 170 Å². The van der Waals surface area contributed by atoms with Crippen LogP contribution in [0.25, 0.3) is 86.3 Å². The van der Waals surface area contributed by atoms with Crippen LogP contribution in [0, 0.1) is 0 Å². The lowest BCUT2D eigenvalue weighted by molar-refractivity contribution is 1.17. The van der Waals surface area contributed by atoms with Crippen molar-refractivity contribution in [3.05, 3.63) is 170 Å². The third-order valence-electron chi connectivity index (χ3n) is 11.9. The number of fused-ring (bicyclic) bond motifs is 14. The summed E-state index contributed by atoms with van der Waals surface area (Å²) >= 11 is 1.89. The molecular formula is C48H28BN3S. The molecule has 53 heavy (non-hydrogen) atoms. The van der Waals surface area contributed by atoms with Crippen molar-refractivity contribution in [1.29, 1.82) is 0 Å². The smallest absolute Gasteiger partial charge is 0.333 e. The highest BCUT2D eigenvalue weighted by Gasteiger charge is 2.44. The monoisotopic (exact) mass is 689 g/mol. The summed E-state index contributed by atoms with van der Waals surface area (Å²) in [4.78, 5) is 2.63. The van der Waals surface area contributed by atoms with Crippen molar-refractivity contribution in [1.82, 2.24) is 9.13 Å². The molecule has 0 fully saturated rings. The maximum absolute atomic E-state index is 2.63. The second kappa shape index (κ2) is 10.1. The number of para-hydroxylation sites is 5. The van der Waals surface area contributed by atoms with E-state index in [1.54, 1.807) is 0 Å². The lowest BCUT2D eigenvalue weighted by Gasteiger charge is -2.42. The molecule has 5 heteroatoms. The first kappa shape index (κ1) is 28.1.